The number of amides is 1. The van der Waals surface area contributed by atoms with Crippen LogP contribution in [0.4, 0.5) is 5.13 Å². The monoisotopic (exact) mass is 334 g/mol. The number of aryl methyl sites for hydroxylation is 2. The van der Waals surface area contributed by atoms with Gasteiger partial charge in [0.1, 0.15) is 5.75 Å². The van der Waals surface area contributed by atoms with Crippen molar-refractivity contribution in [1.82, 2.24) is 4.98 Å². The summed E-state index contributed by atoms with van der Waals surface area (Å²) >= 11 is 1.16. The molecule has 0 saturated carbocycles. The molecule has 1 heterocycles. The first-order valence-corrected chi connectivity index (χ1v) is 8.00. The van der Waals surface area contributed by atoms with Crippen molar-refractivity contribution in [2.45, 2.75) is 20.8 Å². The fourth-order valence-electron chi connectivity index (χ4n) is 1.89. The first kappa shape index (κ1) is 17.0. The van der Waals surface area contributed by atoms with Crippen molar-refractivity contribution >= 4 is 28.3 Å². The molecule has 0 unspecified atom stereocenters. The van der Waals surface area contributed by atoms with E-state index in [9.17, 15) is 9.59 Å². The quantitative estimate of drug-likeness (QED) is 0.822. The van der Waals surface area contributed by atoms with Gasteiger partial charge >= 0.3 is 5.97 Å². The maximum Gasteiger partial charge on any atom is 0.357 e. The molecular weight excluding hydrogens is 316 g/mol. The molecule has 0 saturated heterocycles. The Labute approximate surface area is 138 Å². The summed E-state index contributed by atoms with van der Waals surface area (Å²) in [5.74, 6) is -0.178. The van der Waals surface area contributed by atoms with Crippen LogP contribution in [0.25, 0.3) is 0 Å². The molecule has 0 atom stereocenters. The fourth-order valence-corrected chi connectivity index (χ4v) is 2.59. The van der Waals surface area contributed by atoms with E-state index in [0.29, 0.717) is 10.9 Å². The summed E-state index contributed by atoms with van der Waals surface area (Å²) < 4.78 is 10.3. The number of aromatic nitrogens is 1. The summed E-state index contributed by atoms with van der Waals surface area (Å²) in [4.78, 5) is 27.4. The first-order chi connectivity index (χ1) is 11.0. The second-order valence-corrected chi connectivity index (χ2v) is 5.72. The maximum absolute atomic E-state index is 11.9. The van der Waals surface area contributed by atoms with Crippen molar-refractivity contribution < 1.29 is 19.1 Å². The van der Waals surface area contributed by atoms with Gasteiger partial charge in [0.05, 0.1) is 6.61 Å². The molecule has 0 spiro atoms. The zero-order chi connectivity index (χ0) is 16.8. The second-order valence-electron chi connectivity index (χ2n) is 4.86. The smallest absolute Gasteiger partial charge is 0.357 e. The van der Waals surface area contributed by atoms with Crippen LogP contribution in [0.2, 0.25) is 0 Å². The lowest BCUT2D eigenvalue weighted by atomic mass is 10.1. The molecule has 0 aliphatic carbocycles. The molecule has 2 rings (SSSR count). The molecule has 0 radical (unpaired) electrons. The normalized spacial score (nSPS) is 10.2. The lowest BCUT2D eigenvalue weighted by Gasteiger charge is -2.09. The molecule has 1 aromatic heterocycles. The summed E-state index contributed by atoms with van der Waals surface area (Å²) in [5, 5.41) is 4.47. The van der Waals surface area contributed by atoms with E-state index in [4.69, 9.17) is 9.47 Å². The highest BCUT2D eigenvalue weighted by atomic mass is 32.1. The van der Waals surface area contributed by atoms with Gasteiger partial charge in [0.25, 0.3) is 5.91 Å². The Balaban J connectivity index is 1.88. The maximum atomic E-state index is 11.9. The van der Waals surface area contributed by atoms with Crippen LogP contribution in [-0.2, 0) is 9.53 Å². The number of esters is 1. The van der Waals surface area contributed by atoms with Crippen LogP contribution in [0.3, 0.4) is 0 Å². The van der Waals surface area contributed by atoms with Gasteiger partial charge < -0.3 is 9.47 Å². The van der Waals surface area contributed by atoms with Crippen molar-refractivity contribution in [3.8, 4) is 5.75 Å². The third kappa shape index (κ3) is 4.79. The zero-order valence-corrected chi connectivity index (χ0v) is 14.0. The van der Waals surface area contributed by atoms with Crippen molar-refractivity contribution in [3.63, 3.8) is 0 Å². The lowest BCUT2D eigenvalue weighted by molar-refractivity contribution is -0.118. The molecule has 2 aromatic rings. The number of benzene rings is 1. The second kappa shape index (κ2) is 7.73. The fraction of sp³-hybridized carbons (Fsp3) is 0.312. The Bertz CT molecular complexity index is 712. The SMILES string of the molecule is CCOC(=O)c1csc(NC(=O)COc2ccc(C)cc2C)n1. The highest BCUT2D eigenvalue weighted by Crippen LogP contribution is 2.19. The largest absolute Gasteiger partial charge is 0.483 e. The molecule has 6 nitrogen and oxygen atoms in total. The average molecular weight is 334 g/mol. The Morgan fingerprint density at radius 2 is 2.09 bits per heavy atom. The molecule has 0 aliphatic rings. The number of thiazole rings is 1. The molecular formula is C16H18N2O4S. The van der Waals surface area contributed by atoms with Crippen LogP contribution >= 0.6 is 11.3 Å². The van der Waals surface area contributed by atoms with Crippen LogP contribution in [0.15, 0.2) is 23.6 Å². The van der Waals surface area contributed by atoms with Gasteiger partial charge in [-0.25, -0.2) is 9.78 Å². The number of rotatable bonds is 6. The summed E-state index contributed by atoms with van der Waals surface area (Å²) in [7, 11) is 0. The van der Waals surface area contributed by atoms with Crippen LogP contribution < -0.4 is 10.1 Å². The van der Waals surface area contributed by atoms with Crippen LogP contribution in [0, 0.1) is 13.8 Å². The summed E-state index contributed by atoms with van der Waals surface area (Å²) in [5.41, 5.74) is 2.28. The van der Waals surface area contributed by atoms with Gasteiger partial charge in [-0.05, 0) is 32.4 Å². The Morgan fingerprint density at radius 3 is 2.78 bits per heavy atom. The first-order valence-electron chi connectivity index (χ1n) is 7.12. The number of hydrogen-bond donors (Lipinski definition) is 1. The van der Waals surface area contributed by atoms with Gasteiger partial charge in [-0.15, -0.1) is 11.3 Å². The summed E-state index contributed by atoms with van der Waals surface area (Å²) in [6.07, 6.45) is 0. The highest BCUT2D eigenvalue weighted by molar-refractivity contribution is 7.14. The van der Waals surface area contributed by atoms with Crippen molar-refractivity contribution in [2.24, 2.45) is 0 Å². The van der Waals surface area contributed by atoms with Crippen molar-refractivity contribution in [1.29, 1.82) is 0 Å². The number of anilines is 1. The zero-order valence-electron chi connectivity index (χ0n) is 13.2. The molecule has 1 aromatic carbocycles. The third-order valence-electron chi connectivity index (χ3n) is 2.92. The van der Waals surface area contributed by atoms with E-state index in [1.807, 2.05) is 32.0 Å². The topological polar surface area (TPSA) is 77.5 Å². The van der Waals surface area contributed by atoms with Gasteiger partial charge in [-0.2, -0.15) is 0 Å². The summed E-state index contributed by atoms with van der Waals surface area (Å²) in [6.45, 7) is 5.79. The number of nitrogens with zero attached hydrogens (tertiary/aromatic N) is 1. The standard InChI is InChI=1S/C16H18N2O4S/c1-4-21-15(20)12-9-23-16(17-12)18-14(19)8-22-13-6-5-10(2)7-11(13)3/h5-7,9H,4,8H2,1-3H3,(H,17,18,19). The van der Waals surface area contributed by atoms with Crippen molar-refractivity contribution in [2.75, 3.05) is 18.5 Å². The molecule has 0 bridgehead atoms. The third-order valence-corrected chi connectivity index (χ3v) is 3.68. The number of carbonyl (C=O) groups is 2. The predicted octanol–water partition coefficient (Wildman–Crippen LogP) is 2.95. The molecule has 0 fully saturated rings. The molecule has 1 N–H and O–H groups in total. The van der Waals surface area contributed by atoms with Crippen molar-refractivity contribution in [3.05, 3.63) is 40.4 Å². The summed E-state index contributed by atoms with van der Waals surface area (Å²) in [6, 6.07) is 5.74. The van der Waals surface area contributed by atoms with Crippen LogP contribution in [0.1, 0.15) is 28.5 Å². The Kier molecular flexibility index (Phi) is 5.70. The van der Waals surface area contributed by atoms with Crippen LogP contribution in [-0.4, -0.2) is 30.1 Å². The molecule has 1 amide bonds. The predicted molar refractivity (Wildman–Crippen MR) is 88.1 cm³/mol. The van der Waals surface area contributed by atoms with E-state index >= 15 is 0 Å². The van der Waals surface area contributed by atoms with Gasteiger partial charge in [0, 0.05) is 5.38 Å². The van der Waals surface area contributed by atoms with Gasteiger partial charge in [-0.1, -0.05) is 17.7 Å². The minimum atomic E-state index is -0.504. The lowest BCUT2D eigenvalue weighted by Crippen LogP contribution is -2.20. The van der Waals surface area contributed by atoms with E-state index in [1.54, 1.807) is 12.3 Å². The van der Waals surface area contributed by atoms with Gasteiger partial charge in [-0.3, -0.25) is 10.1 Å². The molecule has 23 heavy (non-hydrogen) atoms. The van der Waals surface area contributed by atoms with E-state index in [2.05, 4.69) is 10.3 Å². The van der Waals surface area contributed by atoms with Gasteiger partial charge in [0.2, 0.25) is 0 Å². The van der Waals surface area contributed by atoms with E-state index < -0.39 is 5.97 Å². The molecule has 0 aliphatic heterocycles. The average Bonchev–Trinajstić information content (AvgIpc) is 2.95. The minimum absolute atomic E-state index is 0.127. The molecule has 7 heteroatoms. The van der Waals surface area contributed by atoms with E-state index in [1.165, 1.54) is 0 Å². The van der Waals surface area contributed by atoms with Gasteiger partial charge in [0.15, 0.2) is 17.4 Å². The van der Waals surface area contributed by atoms with Crippen LogP contribution in [0.5, 0.6) is 5.75 Å². The number of carbonyl (C=O) groups excluding carboxylic acids is 2. The minimum Gasteiger partial charge on any atom is -0.483 e. The number of ether oxygens (including phenoxy) is 2. The van der Waals surface area contributed by atoms with E-state index in [-0.39, 0.29) is 24.8 Å². The Morgan fingerprint density at radius 1 is 1.30 bits per heavy atom. The highest BCUT2D eigenvalue weighted by Gasteiger charge is 2.13. The Hall–Kier alpha value is -2.41. The molecule has 122 valence electrons. The van der Waals surface area contributed by atoms with E-state index in [0.717, 1.165) is 22.5 Å². The number of hydrogen-bond acceptors (Lipinski definition) is 6. The number of nitrogens with one attached hydrogen (secondary N) is 1.